The second-order valence-electron chi connectivity index (χ2n) is 4.31. The third-order valence-corrected chi connectivity index (χ3v) is 5.03. The molecular weight excluding hydrogens is 252 g/mol. The van der Waals surface area contributed by atoms with Crippen molar-refractivity contribution in [1.82, 2.24) is 14.3 Å². The van der Waals surface area contributed by atoms with Crippen LogP contribution >= 0.6 is 0 Å². The van der Waals surface area contributed by atoms with Crippen LogP contribution < -0.4 is 5.32 Å². The van der Waals surface area contributed by atoms with Crippen LogP contribution in [0, 0.1) is 0 Å². The predicted octanol–water partition coefficient (Wildman–Crippen LogP) is 0.703. The third kappa shape index (κ3) is 3.17. The standard InChI is InChI=1S/C11H18N4O2S/c1-2-18(16,17)15-7-4-10(5-8-15)14-11-3-6-12-9-13-11/h3,6,9-10H,2,4-5,7-8H2,1H3,(H,12,13,14). The molecule has 0 amide bonds. The summed E-state index contributed by atoms with van der Waals surface area (Å²) in [6.07, 6.45) is 4.80. The van der Waals surface area contributed by atoms with Gasteiger partial charge < -0.3 is 5.32 Å². The number of rotatable bonds is 4. The molecule has 7 heteroatoms. The quantitative estimate of drug-likeness (QED) is 0.871. The van der Waals surface area contributed by atoms with Gasteiger partial charge in [0.25, 0.3) is 0 Å². The van der Waals surface area contributed by atoms with Crippen LogP contribution in [-0.2, 0) is 10.0 Å². The summed E-state index contributed by atoms with van der Waals surface area (Å²) in [5.41, 5.74) is 0. The highest BCUT2D eigenvalue weighted by atomic mass is 32.2. The molecule has 1 aliphatic rings. The van der Waals surface area contributed by atoms with Crippen LogP contribution in [0.15, 0.2) is 18.6 Å². The molecule has 2 heterocycles. The molecule has 0 aliphatic carbocycles. The van der Waals surface area contributed by atoms with E-state index in [0.717, 1.165) is 18.7 Å². The second-order valence-corrected chi connectivity index (χ2v) is 6.57. The van der Waals surface area contributed by atoms with E-state index in [-0.39, 0.29) is 11.8 Å². The fraction of sp³-hybridized carbons (Fsp3) is 0.636. The number of sulfonamides is 1. The lowest BCUT2D eigenvalue weighted by Crippen LogP contribution is -2.43. The van der Waals surface area contributed by atoms with Crippen LogP contribution in [0.3, 0.4) is 0 Å². The Labute approximate surface area is 107 Å². The van der Waals surface area contributed by atoms with Gasteiger partial charge in [0.15, 0.2) is 0 Å². The molecule has 0 unspecified atom stereocenters. The Morgan fingerprint density at radius 2 is 2.17 bits per heavy atom. The summed E-state index contributed by atoms with van der Waals surface area (Å²) >= 11 is 0. The van der Waals surface area contributed by atoms with Crippen molar-refractivity contribution in [3.8, 4) is 0 Å². The van der Waals surface area contributed by atoms with Gasteiger partial charge in [-0.3, -0.25) is 0 Å². The van der Waals surface area contributed by atoms with Crippen molar-refractivity contribution in [2.24, 2.45) is 0 Å². The Morgan fingerprint density at radius 3 is 2.72 bits per heavy atom. The molecule has 1 N–H and O–H groups in total. The van der Waals surface area contributed by atoms with Crippen LogP contribution in [0.2, 0.25) is 0 Å². The highest BCUT2D eigenvalue weighted by Gasteiger charge is 2.26. The molecule has 1 aromatic rings. The molecular formula is C11H18N4O2S. The lowest BCUT2D eigenvalue weighted by Gasteiger charge is -2.31. The normalized spacial score (nSPS) is 18.7. The van der Waals surface area contributed by atoms with Gasteiger partial charge in [0.2, 0.25) is 10.0 Å². The minimum atomic E-state index is -3.04. The second kappa shape index (κ2) is 5.62. The summed E-state index contributed by atoms with van der Waals surface area (Å²) in [6, 6.07) is 2.10. The van der Waals surface area contributed by atoms with Crippen molar-refractivity contribution in [3.05, 3.63) is 18.6 Å². The summed E-state index contributed by atoms with van der Waals surface area (Å²) in [7, 11) is -3.04. The molecule has 6 nitrogen and oxygen atoms in total. The van der Waals surface area contributed by atoms with E-state index in [1.165, 1.54) is 6.33 Å². The number of piperidine rings is 1. The summed E-state index contributed by atoms with van der Waals surface area (Å²) in [5.74, 6) is 0.971. The van der Waals surface area contributed by atoms with E-state index < -0.39 is 10.0 Å². The maximum absolute atomic E-state index is 11.7. The van der Waals surface area contributed by atoms with Crippen molar-refractivity contribution in [1.29, 1.82) is 0 Å². The number of hydrogen-bond donors (Lipinski definition) is 1. The molecule has 2 rings (SSSR count). The molecule has 1 aromatic heterocycles. The maximum atomic E-state index is 11.7. The van der Waals surface area contributed by atoms with E-state index in [4.69, 9.17) is 0 Å². The Bertz CT molecular complexity index is 469. The van der Waals surface area contributed by atoms with Gasteiger partial charge in [0.1, 0.15) is 12.1 Å². The molecule has 0 aromatic carbocycles. The highest BCUT2D eigenvalue weighted by molar-refractivity contribution is 7.89. The minimum Gasteiger partial charge on any atom is -0.367 e. The van der Waals surface area contributed by atoms with E-state index >= 15 is 0 Å². The lowest BCUT2D eigenvalue weighted by atomic mass is 10.1. The van der Waals surface area contributed by atoms with E-state index in [1.54, 1.807) is 17.4 Å². The first-order valence-corrected chi connectivity index (χ1v) is 7.73. The smallest absolute Gasteiger partial charge is 0.213 e. The average Bonchev–Trinajstić information content (AvgIpc) is 2.40. The fourth-order valence-electron chi connectivity index (χ4n) is 2.05. The SMILES string of the molecule is CCS(=O)(=O)N1CCC(Nc2ccncn2)CC1. The molecule has 0 radical (unpaired) electrons. The van der Waals surface area contributed by atoms with Crippen LogP contribution in [0.4, 0.5) is 5.82 Å². The van der Waals surface area contributed by atoms with E-state index in [1.807, 2.05) is 6.07 Å². The van der Waals surface area contributed by atoms with Crippen molar-refractivity contribution < 1.29 is 8.42 Å². The minimum absolute atomic E-state index is 0.178. The van der Waals surface area contributed by atoms with Gasteiger partial charge in [-0.25, -0.2) is 22.7 Å². The van der Waals surface area contributed by atoms with E-state index in [0.29, 0.717) is 13.1 Å². The van der Waals surface area contributed by atoms with Crippen molar-refractivity contribution >= 4 is 15.8 Å². The first kappa shape index (κ1) is 13.2. The molecule has 100 valence electrons. The Hall–Kier alpha value is -1.21. The van der Waals surface area contributed by atoms with Crippen LogP contribution in [0.25, 0.3) is 0 Å². The zero-order valence-electron chi connectivity index (χ0n) is 10.4. The van der Waals surface area contributed by atoms with Gasteiger partial charge in [-0.05, 0) is 25.8 Å². The highest BCUT2D eigenvalue weighted by Crippen LogP contribution is 2.17. The molecule has 0 atom stereocenters. The number of nitrogens with one attached hydrogen (secondary N) is 1. The Kier molecular flexibility index (Phi) is 4.13. The fourth-order valence-corrected chi connectivity index (χ4v) is 3.18. The third-order valence-electron chi connectivity index (χ3n) is 3.15. The van der Waals surface area contributed by atoms with Crippen molar-refractivity contribution in [3.63, 3.8) is 0 Å². The number of nitrogens with zero attached hydrogens (tertiary/aromatic N) is 3. The zero-order valence-corrected chi connectivity index (χ0v) is 11.2. The largest absolute Gasteiger partial charge is 0.367 e. The summed E-state index contributed by atoms with van der Waals surface area (Å²) in [4.78, 5) is 7.96. The van der Waals surface area contributed by atoms with Gasteiger partial charge in [-0.2, -0.15) is 0 Å². The molecule has 0 spiro atoms. The number of aromatic nitrogens is 2. The Balaban J connectivity index is 1.88. The van der Waals surface area contributed by atoms with Gasteiger partial charge in [0.05, 0.1) is 5.75 Å². The number of anilines is 1. The molecule has 0 saturated carbocycles. The number of hydrogen-bond acceptors (Lipinski definition) is 5. The van der Waals surface area contributed by atoms with Gasteiger partial charge in [-0.1, -0.05) is 0 Å². The maximum Gasteiger partial charge on any atom is 0.213 e. The molecule has 0 bridgehead atoms. The molecule has 1 fully saturated rings. The summed E-state index contributed by atoms with van der Waals surface area (Å²) < 4.78 is 25.0. The van der Waals surface area contributed by atoms with E-state index in [2.05, 4.69) is 15.3 Å². The van der Waals surface area contributed by atoms with Gasteiger partial charge >= 0.3 is 0 Å². The Morgan fingerprint density at radius 1 is 1.44 bits per heavy atom. The zero-order chi connectivity index (χ0) is 13.0. The molecule has 1 aliphatic heterocycles. The first-order chi connectivity index (χ1) is 8.62. The summed E-state index contributed by atoms with van der Waals surface area (Å²) in [5, 5.41) is 3.30. The average molecular weight is 270 g/mol. The van der Waals surface area contributed by atoms with Crippen LogP contribution in [-0.4, -0.2) is 47.6 Å². The molecule has 1 saturated heterocycles. The summed E-state index contributed by atoms with van der Waals surface area (Å²) in [6.45, 7) is 2.85. The van der Waals surface area contributed by atoms with Crippen LogP contribution in [0.1, 0.15) is 19.8 Å². The van der Waals surface area contributed by atoms with Crippen molar-refractivity contribution in [2.75, 3.05) is 24.2 Å². The van der Waals surface area contributed by atoms with Crippen molar-refractivity contribution in [2.45, 2.75) is 25.8 Å². The van der Waals surface area contributed by atoms with Gasteiger partial charge in [-0.15, -0.1) is 0 Å². The van der Waals surface area contributed by atoms with E-state index in [9.17, 15) is 8.42 Å². The van der Waals surface area contributed by atoms with Gasteiger partial charge in [0, 0.05) is 25.3 Å². The monoisotopic (exact) mass is 270 g/mol. The topological polar surface area (TPSA) is 75.2 Å². The predicted molar refractivity (Wildman–Crippen MR) is 69.7 cm³/mol. The first-order valence-electron chi connectivity index (χ1n) is 6.12. The lowest BCUT2D eigenvalue weighted by molar-refractivity contribution is 0.330. The van der Waals surface area contributed by atoms with Crippen LogP contribution in [0.5, 0.6) is 0 Å². The molecule has 18 heavy (non-hydrogen) atoms.